The van der Waals surface area contributed by atoms with Gasteiger partial charge in [-0.25, -0.2) is 14.3 Å². The molecule has 0 aliphatic carbocycles. The van der Waals surface area contributed by atoms with Crippen LogP contribution >= 0.6 is 11.6 Å². The van der Waals surface area contributed by atoms with Gasteiger partial charge in [0, 0.05) is 12.3 Å². The lowest BCUT2D eigenvalue weighted by Gasteiger charge is -1.91. The van der Waals surface area contributed by atoms with Crippen molar-refractivity contribution < 1.29 is 9.53 Å². The Morgan fingerprint density at radius 3 is 3.14 bits per heavy atom. The maximum Gasteiger partial charge on any atom is 0.358 e. The van der Waals surface area contributed by atoms with Crippen LogP contribution in [0.2, 0.25) is 5.02 Å². The Bertz CT molecular complexity index is 494. The predicted octanol–water partition coefficient (Wildman–Crippen LogP) is 1.17. The first-order valence-electron chi connectivity index (χ1n) is 3.80. The fourth-order valence-electron chi connectivity index (χ4n) is 1.06. The van der Waals surface area contributed by atoms with E-state index in [1.165, 1.54) is 23.9 Å². The van der Waals surface area contributed by atoms with Crippen molar-refractivity contribution in [2.24, 2.45) is 0 Å². The van der Waals surface area contributed by atoms with Crippen molar-refractivity contribution in [3.63, 3.8) is 0 Å². The number of hydrogen-bond donors (Lipinski definition) is 0. The molecule has 0 aromatic carbocycles. The van der Waals surface area contributed by atoms with E-state index in [0.717, 1.165) is 0 Å². The fraction of sp³-hybridized carbons (Fsp3) is 0.125. The summed E-state index contributed by atoms with van der Waals surface area (Å²) in [5, 5.41) is 4.40. The van der Waals surface area contributed by atoms with Crippen LogP contribution in [-0.2, 0) is 4.74 Å². The molecule has 0 saturated heterocycles. The highest BCUT2D eigenvalue weighted by Gasteiger charge is 2.11. The third-order valence-corrected chi connectivity index (χ3v) is 1.87. The monoisotopic (exact) mass is 211 g/mol. The van der Waals surface area contributed by atoms with Crippen molar-refractivity contribution in [2.45, 2.75) is 0 Å². The van der Waals surface area contributed by atoms with Crippen LogP contribution in [-0.4, -0.2) is 27.7 Å². The zero-order chi connectivity index (χ0) is 10.1. The van der Waals surface area contributed by atoms with Crippen molar-refractivity contribution in [1.82, 2.24) is 14.6 Å². The molecule has 0 saturated carbocycles. The van der Waals surface area contributed by atoms with E-state index in [9.17, 15) is 4.79 Å². The Labute approximate surface area is 84.3 Å². The van der Waals surface area contributed by atoms with Crippen molar-refractivity contribution in [2.75, 3.05) is 7.11 Å². The molecule has 0 N–H and O–H groups in total. The molecule has 5 nitrogen and oxygen atoms in total. The van der Waals surface area contributed by atoms with E-state index in [4.69, 9.17) is 11.6 Å². The Morgan fingerprint density at radius 1 is 1.64 bits per heavy atom. The SMILES string of the molecule is COC(=O)c1cc2ncc(Cl)cn2n1. The minimum Gasteiger partial charge on any atom is -0.464 e. The molecule has 0 radical (unpaired) electrons. The molecule has 0 aliphatic rings. The van der Waals surface area contributed by atoms with E-state index >= 15 is 0 Å². The van der Waals surface area contributed by atoms with Gasteiger partial charge in [0.2, 0.25) is 0 Å². The molecule has 2 aromatic rings. The second kappa shape index (κ2) is 3.26. The average Bonchev–Trinajstić information content (AvgIpc) is 2.59. The maximum absolute atomic E-state index is 11.1. The summed E-state index contributed by atoms with van der Waals surface area (Å²) in [4.78, 5) is 15.1. The number of ether oxygens (including phenoxy) is 1. The molecule has 0 aliphatic heterocycles. The number of rotatable bonds is 1. The summed E-state index contributed by atoms with van der Waals surface area (Å²) >= 11 is 5.70. The smallest absolute Gasteiger partial charge is 0.358 e. The number of methoxy groups -OCH3 is 1. The summed E-state index contributed by atoms with van der Waals surface area (Å²) in [7, 11) is 1.30. The van der Waals surface area contributed by atoms with Crippen molar-refractivity contribution in [1.29, 1.82) is 0 Å². The first kappa shape index (κ1) is 8.96. The maximum atomic E-state index is 11.1. The Morgan fingerprint density at radius 2 is 2.43 bits per heavy atom. The lowest BCUT2D eigenvalue weighted by atomic mass is 10.4. The molecular formula is C8H6ClN3O2. The van der Waals surface area contributed by atoms with Gasteiger partial charge in [-0.3, -0.25) is 0 Å². The van der Waals surface area contributed by atoms with Crippen LogP contribution in [0.4, 0.5) is 0 Å². The van der Waals surface area contributed by atoms with E-state index in [1.807, 2.05) is 0 Å². The van der Waals surface area contributed by atoms with Gasteiger partial charge in [-0.15, -0.1) is 0 Å². The summed E-state index contributed by atoms with van der Waals surface area (Å²) in [6.07, 6.45) is 3.05. The van der Waals surface area contributed by atoms with Gasteiger partial charge in [-0.05, 0) is 0 Å². The quantitative estimate of drug-likeness (QED) is 0.665. The van der Waals surface area contributed by atoms with Crippen LogP contribution in [0, 0.1) is 0 Å². The predicted molar refractivity (Wildman–Crippen MR) is 49.3 cm³/mol. The molecule has 2 heterocycles. The number of carbonyl (C=O) groups is 1. The van der Waals surface area contributed by atoms with Gasteiger partial charge in [-0.1, -0.05) is 11.6 Å². The van der Waals surface area contributed by atoms with E-state index in [2.05, 4.69) is 14.8 Å². The van der Waals surface area contributed by atoms with Crippen molar-refractivity contribution >= 4 is 23.2 Å². The summed E-state index contributed by atoms with van der Waals surface area (Å²) in [5.41, 5.74) is 0.761. The number of halogens is 1. The van der Waals surface area contributed by atoms with Crippen LogP contribution < -0.4 is 0 Å². The van der Waals surface area contributed by atoms with Crippen molar-refractivity contribution in [3.8, 4) is 0 Å². The van der Waals surface area contributed by atoms with Gasteiger partial charge in [0.25, 0.3) is 0 Å². The van der Waals surface area contributed by atoms with Crippen LogP contribution in [0.5, 0.6) is 0 Å². The second-order valence-electron chi connectivity index (χ2n) is 2.60. The Kier molecular flexibility index (Phi) is 2.09. The first-order valence-corrected chi connectivity index (χ1v) is 4.18. The zero-order valence-electron chi connectivity index (χ0n) is 7.27. The molecular weight excluding hydrogens is 206 g/mol. The number of carbonyl (C=O) groups excluding carboxylic acids is 1. The van der Waals surface area contributed by atoms with Crippen LogP contribution in [0.15, 0.2) is 18.5 Å². The average molecular weight is 212 g/mol. The molecule has 72 valence electrons. The second-order valence-corrected chi connectivity index (χ2v) is 3.03. The number of esters is 1. The normalized spacial score (nSPS) is 10.4. The Hall–Kier alpha value is -1.62. The zero-order valence-corrected chi connectivity index (χ0v) is 8.02. The highest BCUT2D eigenvalue weighted by molar-refractivity contribution is 6.30. The summed E-state index contributed by atoms with van der Waals surface area (Å²) in [6.45, 7) is 0. The molecule has 6 heteroatoms. The molecule has 2 rings (SSSR count). The standard InChI is InChI=1S/C8H6ClN3O2/c1-14-8(13)6-2-7-10-3-5(9)4-12(7)11-6/h2-4H,1H3. The van der Waals surface area contributed by atoms with Crippen molar-refractivity contribution in [3.05, 3.63) is 29.2 Å². The lowest BCUT2D eigenvalue weighted by molar-refractivity contribution is 0.0593. The van der Waals surface area contributed by atoms with E-state index in [-0.39, 0.29) is 5.69 Å². The third-order valence-electron chi connectivity index (χ3n) is 1.68. The molecule has 0 spiro atoms. The van der Waals surface area contributed by atoms with Gasteiger partial charge >= 0.3 is 5.97 Å². The highest BCUT2D eigenvalue weighted by Crippen LogP contribution is 2.09. The largest absolute Gasteiger partial charge is 0.464 e. The summed E-state index contributed by atoms with van der Waals surface area (Å²) in [5.74, 6) is -0.494. The molecule has 0 unspecified atom stereocenters. The highest BCUT2D eigenvalue weighted by atomic mass is 35.5. The third kappa shape index (κ3) is 1.42. The number of hydrogen-bond acceptors (Lipinski definition) is 4. The molecule has 2 aromatic heterocycles. The van der Waals surface area contributed by atoms with Gasteiger partial charge in [-0.2, -0.15) is 5.10 Å². The van der Waals surface area contributed by atoms with Crippen LogP contribution in [0.25, 0.3) is 5.65 Å². The first-order chi connectivity index (χ1) is 6.70. The molecule has 0 atom stereocenters. The van der Waals surface area contributed by atoms with Gasteiger partial charge in [0.05, 0.1) is 18.3 Å². The number of aromatic nitrogens is 3. The Balaban J connectivity index is 2.56. The number of fused-ring (bicyclic) bond motifs is 1. The summed E-state index contributed by atoms with van der Waals surface area (Å²) < 4.78 is 5.95. The van der Waals surface area contributed by atoms with Crippen LogP contribution in [0.1, 0.15) is 10.5 Å². The van der Waals surface area contributed by atoms with Crippen LogP contribution in [0.3, 0.4) is 0 Å². The number of nitrogens with zero attached hydrogens (tertiary/aromatic N) is 3. The molecule has 0 bridgehead atoms. The van der Waals surface area contributed by atoms with E-state index < -0.39 is 5.97 Å². The van der Waals surface area contributed by atoms with Gasteiger partial charge < -0.3 is 4.74 Å². The topological polar surface area (TPSA) is 56.5 Å². The molecule has 14 heavy (non-hydrogen) atoms. The minimum atomic E-state index is -0.494. The molecule has 0 amide bonds. The van der Waals surface area contributed by atoms with E-state index in [1.54, 1.807) is 6.20 Å². The lowest BCUT2D eigenvalue weighted by Crippen LogP contribution is -2.01. The van der Waals surface area contributed by atoms with E-state index in [0.29, 0.717) is 10.7 Å². The fourth-order valence-corrected chi connectivity index (χ4v) is 1.20. The summed E-state index contributed by atoms with van der Waals surface area (Å²) in [6, 6.07) is 1.53. The van der Waals surface area contributed by atoms with Gasteiger partial charge in [0.15, 0.2) is 11.3 Å². The molecule has 0 fully saturated rings. The van der Waals surface area contributed by atoms with Gasteiger partial charge in [0.1, 0.15) is 0 Å². The minimum absolute atomic E-state index is 0.210.